The SMILES string of the molecule is Nc1ccc2[nH]cc(C(=O)Nc3cnccn3)c2c1. The van der Waals surface area contributed by atoms with Crippen LogP contribution in [0.4, 0.5) is 11.5 Å². The standard InChI is InChI=1S/C13H11N5O/c14-8-1-2-11-9(5-8)10(6-17-11)13(19)18-12-7-15-3-4-16-12/h1-7,17H,14H2,(H,16,18,19). The third-order valence-electron chi connectivity index (χ3n) is 2.76. The van der Waals surface area contributed by atoms with Crippen molar-refractivity contribution in [2.75, 3.05) is 11.1 Å². The van der Waals surface area contributed by atoms with Crippen LogP contribution < -0.4 is 11.1 Å². The minimum absolute atomic E-state index is 0.252. The molecular weight excluding hydrogens is 242 g/mol. The molecule has 0 saturated heterocycles. The van der Waals surface area contributed by atoms with Crippen molar-refractivity contribution in [1.29, 1.82) is 0 Å². The van der Waals surface area contributed by atoms with Gasteiger partial charge in [-0.25, -0.2) is 4.98 Å². The van der Waals surface area contributed by atoms with Crippen LogP contribution in [0.5, 0.6) is 0 Å². The number of amides is 1. The van der Waals surface area contributed by atoms with E-state index in [1.165, 1.54) is 12.4 Å². The second-order valence-corrected chi connectivity index (χ2v) is 4.05. The second-order valence-electron chi connectivity index (χ2n) is 4.05. The zero-order valence-electron chi connectivity index (χ0n) is 9.92. The van der Waals surface area contributed by atoms with Crippen LogP contribution in [0.3, 0.4) is 0 Å². The molecular formula is C13H11N5O. The molecule has 94 valence electrons. The molecule has 6 heteroatoms. The summed E-state index contributed by atoms with van der Waals surface area (Å²) in [6, 6.07) is 5.38. The van der Waals surface area contributed by atoms with Crippen LogP contribution in [0.2, 0.25) is 0 Å². The number of hydrogen-bond donors (Lipinski definition) is 3. The molecule has 0 fully saturated rings. The van der Waals surface area contributed by atoms with Crippen LogP contribution >= 0.6 is 0 Å². The molecule has 0 bridgehead atoms. The Labute approximate surface area is 108 Å². The molecule has 0 aliphatic heterocycles. The third-order valence-corrected chi connectivity index (χ3v) is 2.76. The number of anilines is 2. The van der Waals surface area contributed by atoms with Crippen molar-refractivity contribution in [3.05, 3.63) is 48.5 Å². The number of carbonyl (C=O) groups is 1. The molecule has 2 heterocycles. The number of fused-ring (bicyclic) bond motifs is 1. The van der Waals surface area contributed by atoms with Gasteiger partial charge in [-0.15, -0.1) is 0 Å². The quantitative estimate of drug-likeness (QED) is 0.606. The van der Waals surface area contributed by atoms with Gasteiger partial charge in [0.1, 0.15) is 0 Å². The van der Waals surface area contributed by atoms with Gasteiger partial charge in [-0.05, 0) is 18.2 Å². The lowest BCUT2D eigenvalue weighted by Crippen LogP contribution is -2.12. The normalized spacial score (nSPS) is 10.5. The topological polar surface area (TPSA) is 96.7 Å². The van der Waals surface area contributed by atoms with Crippen LogP contribution in [0.1, 0.15) is 10.4 Å². The first kappa shape index (κ1) is 11.2. The number of benzene rings is 1. The van der Waals surface area contributed by atoms with E-state index in [0.717, 1.165) is 10.9 Å². The van der Waals surface area contributed by atoms with Crippen molar-refractivity contribution < 1.29 is 4.79 Å². The van der Waals surface area contributed by atoms with Crippen LogP contribution in [0.15, 0.2) is 43.0 Å². The highest BCUT2D eigenvalue weighted by Gasteiger charge is 2.12. The van der Waals surface area contributed by atoms with Gasteiger partial charge in [-0.1, -0.05) is 0 Å². The lowest BCUT2D eigenvalue weighted by Gasteiger charge is -2.02. The first-order chi connectivity index (χ1) is 9.24. The van der Waals surface area contributed by atoms with E-state index in [1.807, 2.05) is 6.07 Å². The van der Waals surface area contributed by atoms with Gasteiger partial charge in [0.2, 0.25) is 0 Å². The van der Waals surface area contributed by atoms with E-state index >= 15 is 0 Å². The lowest BCUT2D eigenvalue weighted by atomic mass is 10.1. The molecule has 0 aliphatic rings. The first-order valence-electron chi connectivity index (χ1n) is 5.68. The van der Waals surface area contributed by atoms with E-state index in [4.69, 9.17) is 5.73 Å². The molecule has 2 aromatic heterocycles. The van der Waals surface area contributed by atoms with Crippen molar-refractivity contribution in [2.24, 2.45) is 0 Å². The van der Waals surface area contributed by atoms with E-state index < -0.39 is 0 Å². The monoisotopic (exact) mass is 253 g/mol. The van der Waals surface area contributed by atoms with Gasteiger partial charge in [0.15, 0.2) is 5.82 Å². The second kappa shape index (κ2) is 4.41. The number of carbonyl (C=O) groups excluding carboxylic acids is 1. The number of nitrogens with zero attached hydrogens (tertiary/aromatic N) is 2. The first-order valence-corrected chi connectivity index (χ1v) is 5.68. The maximum Gasteiger partial charge on any atom is 0.259 e. The van der Waals surface area contributed by atoms with Crippen LogP contribution in [0.25, 0.3) is 10.9 Å². The summed E-state index contributed by atoms with van der Waals surface area (Å²) in [6.07, 6.45) is 6.20. The van der Waals surface area contributed by atoms with Crippen LogP contribution in [-0.2, 0) is 0 Å². The zero-order chi connectivity index (χ0) is 13.2. The highest BCUT2D eigenvalue weighted by molar-refractivity contribution is 6.12. The fourth-order valence-electron chi connectivity index (χ4n) is 1.87. The Kier molecular flexibility index (Phi) is 2.60. The molecule has 0 spiro atoms. The van der Waals surface area contributed by atoms with Crippen molar-refractivity contribution >= 4 is 28.3 Å². The minimum atomic E-state index is -0.252. The van der Waals surface area contributed by atoms with Crippen LogP contribution in [0, 0.1) is 0 Å². The van der Waals surface area contributed by atoms with E-state index in [1.54, 1.807) is 24.5 Å². The van der Waals surface area contributed by atoms with Gasteiger partial charge in [0.05, 0.1) is 11.8 Å². The average molecular weight is 253 g/mol. The Hall–Kier alpha value is -2.89. The third kappa shape index (κ3) is 2.11. The number of nitrogens with one attached hydrogen (secondary N) is 2. The number of aromatic amines is 1. The van der Waals surface area contributed by atoms with E-state index in [2.05, 4.69) is 20.3 Å². The predicted octanol–water partition coefficient (Wildman–Crippen LogP) is 1.79. The molecule has 0 saturated carbocycles. The molecule has 4 N–H and O–H groups in total. The number of rotatable bonds is 2. The van der Waals surface area contributed by atoms with Gasteiger partial charge < -0.3 is 16.0 Å². The van der Waals surface area contributed by atoms with Crippen molar-refractivity contribution in [1.82, 2.24) is 15.0 Å². The Morgan fingerprint density at radius 2 is 2.21 bits per heavy atom. The number of nitrogen functional groups attached to an aromatic ring is 1. The Bertz CT molecular complexity index is 735. The highest BCUT2D eigenvalue weighted by atomic mass is 16.1. The largest absolute Gasteiger partial charge is 0.399 e. The van der Waals surface area contributed by atoms with Gasteiger partial charge in [-0.2, -0.15) is 0 Å². The number of H-pyrrole nitrogens is 1. The summed E-state index contributed by atoms with van der Waals surface area (Å²) in [5, 5.41) is 3.46. The summed E-state index contributed by atoms with van der Waals surface area (Å²) < 4.78 is 0. The molecule has 3 aromatic rings. The molecule has 6 nitrogen and oxygen atoms in total. The summed E-state index contributed by atoms with van der Waals surface area (Å²) >= 11 is 0. The molecule has 0 unspecified atom stereocenters. The van der Waals surface area contributed by atoms with E-state index in [0.29, 0.717) is 17.1 Å². The fraction of sp³-hybridized carbons (Fsp3) is 0. The maximum absolute atomic E-state index is 12.2. The van der Waals surface area contributed by atoms with Crippen molar-refractivity contribution in [3.63, 3.8) is 0 Å². The molecule has 3 rings (SSSR count). The smallest absolute Gasteiger partial charge is 0.259 e. The number of hydrogen-bond acceptors (Lipinski definition) is 4. The van der Waals surface area contributed by atoms with E-state index in [-0.39, 0.29) is 5.91 Å². The summed E-state index contributed by atoms with van der Waals surface area (Å²) in [5.41, 5.74) is 7.73. The summed E-state index contributed by atoms with van der Waals surface area (Å²) in [6.45, 7) is 0. The summed E-state index contributed by atoms with van der Waals surface area (Å²) in [7, 11) is 0. The minimum Gasteiger partial charge on any atom is -0.399 e. The van der Waals surface area contributed by atoms with Gasteiger partial charge >= 0.3 is 0 Å². The fourth-order valence-corrected chi connectivity index (χ4v) is 1.87. The Morgan fingerprint density at radius 1 is 1.32 bits per heavy atom. The lowest BCUT2D eigenvalue weighted by molar-refractivity contribution is 0.102. The number of nitrogens with two attached hydrogens (primary N) is 1. The zero-order valence-corrected chi connectivity index (χ0v) is 9.92. The Morgan fingerprint density at radius 3 is 3.00 bits per heavy atom. The van der Waals surface area contributed by atoms with Gasteiger partial charge in [0, 0.05) is 35.2 Å². The summed E-state index contributed by atoms with van der Waals surface area (Å²) in [5.74, 6) is 0.156. The molecule has 0 aliphatic carbocycles. The number of aromatic nitrogens is 3. The van der Waals surface area contributed by atoms with Crippen molar-refractivity contribution in [2.45, 2.75) is 0 Å². The molecule has 0 radical (unpaired) electrons. The van der Waals surface area contributed by atoms with E-state index in [9.17, 15) is 4.79 Å². The van der Waals surface area contributed by atoms with Gasteiger partial charge in [-0.3, -0.25) is 9.78 Å². The Balaban J connectivity index is 1.96. The molecule has 19 heavy (non-hydrogen) atoms. The molecule has 1 aromatic carbocycles. The highest BCUT2D eigenvalue weighted by Crippen LogP contribution is 2.21. The predicted molar refractivity (Wildman–Crippen MR) is 72.7 cm³/mol. The van der Waals surface area contributed by atoms with Crippen LogP contribution in [-0.4, -0.2) is 20.9 Å². The van der Waals surface area contributed by atoms with Gasteiger partial charge in [0.25, 0.3) is 5.91 Å². The summed E-state index contributed by atoms with van der Waals surface area (Å²) in [4.78, 5) is 23.1. The van der Waals surface area contributed by atoms with Crippen molar-refractivity contribution in [3.8, 4) is 0 Å². The average Bonchev–Trinajstić information content (AvgIpc) is 2.82. The molecule has 1 amide bonds. The molecule has 0 atom stereocenters. The maximum atomic E-state index is 12.2.